The highest BCUT2D eigenvalue weighted by atomic mass is 16.2. The standard InChI is InChI=1S/C7H16.6C5H12.C2H6O.2C2H6.6CH5N.11CH2O.CH4.5H3N.3H2/c1-3-5-7-6-4-2;6*1-4-5(2)3;1-2-3;19*1-2;;;;;;;;;/h3-7H2,1-2H3;6*5H,4H2,1-3H3;3H,2H2,1H3;2*1-2H3;6*2H2,1H3;11*1H2;1H4;5*1H3;3*1H. The van der Waals surface area contributed by atoms with Crippen LogP contribution in [0.15, 0.2) is 0 Å². The Morgan fingerprint density at radius 1 is 0.250 bits per heavy atom. The number of carbonyl (C=O) groups is 11. The zero-order chi connectivity index (χ0) is 71.9. The van der Waals surface area contributed by atoms with Gasteiger partial charge in [-0.3, -0.25) is 0 Å². The first-order chi connectivity index (χ1) is 37.4. The van der Waals surface area contributed by atoms with Crippen molar-refractivity contribution in [1.29, 1.82) is 0 Å². The lowest BCUT2D eigenvalue weighted by Gasteiger charge is -1.90. The molecule has 23 nitrogen and oxygen atoms in total. The van der Waals surface area contributed by atoms with E-state index in [0.29, 0.717) is 0 Å². The van der Waals surface area contributed by atoms with E-state index in [0.717, 1.165) is 35.5 Å². The first-order valence-corrected chi connectivity index (χ1v) is 26.7. The lowest BCUT2D eigenvalue weighted by molar-refractivity contribution is -0.0987. The van der Waals surface area contributed by atoms with Crippen molar-refractivity contribution in [2.45, 2.75) is 251 Å². The van der Waals surface area contributed by atoms with E-state index in [1.165, 1.54) is 113 Å². The van der Waals surface area contributed by atoms with Gasteiger partial charge in [0.25, 0.3) is 0 Å². The molecule has 28 N–H and O–H groups in total. The van der Waals surface area contributed by atoms with E-state index >= 15 is 0 Å². The number of unbranched alkanes of at least 4 members (excludes halogenated alkanes) is 4. The molecule has 0 atom stereocenters. The van der Waals surface area contributed by atoms with E-state index in [1.54, 1.807) is 6.92 Å². The lowest BCUT2D eigenvalue weighted by Crippen LogP contribution is -1.77. The Morgan fingerprint density at radius 3 is 0.321 bits per heavy atom. The minimum absolute atomic E-state index is 0. The number of nitrogens with two attached hydrogens (primary N) is 6. The van der Waals surface area contributed by atoms with E-state index < -0.39 is 0 Å². The molecule has 84 heavy (non-hydrogen) atoms. The van der Waals surface area contributed by atoms with E-state index in [-0.39, 0.29) is 49.1 Å². The molecular weight excluding hydrogens is 1080 g/mol. The van der Waals surface area contributed by atoms with Gasteiger partial charge in [0.15, 0.2) is 0 Å². The molecule has 0 saturated carbocycles. The predicted octanol–water partition coefficient (Wildman–Crippen LogP) is 14.9. The van der Waals surface area contributed by atoms with Gasteiger partial charge < -0.3 is 123 Å². The summed E-state index contributed by atoms with van der Waals surface area (Å²) < 4.78 is 0. The largest absolute Gasteiger partial charge is 0.397 e. The Bertz CT molecular complexity index is 436. The molecule has 554 valence electrons. The molecule has 0 radical (unpaired) electrons. The fourth-order valence-corrected chi connectivity index (χ4v) is 0.677. The molecule has 0 fully saturated rings. The van der Waals surface area contributed by atoms with Gasteiger partial charge in [-0.2, -0.15) is 0 Å². The second-order valence-electron chi connectivity index (χ2n) is 13.2. The normalized spacial score (nSPS) is 5.52. The van der Waals surface area contributed by atoms with E-state index in [9.17, 15) is 0 Å². The summed E-state index contributed by atoms with van der Waals surface area (Å²) in [5, 5.41) is 7.57. The first-order valence-electron chi connectivity index (χ1n) is 26.7. The highest BCUT2D eigenvalue weighted by molar-refractivity contribution is 5.12. The average Bonchev–Trinajstić information content (AvgIpc) is 3.55. The topological polar surface area (TPSA) is 539 Å². The van der Waals surface area contributed by atoms with Gasteiger partial charge >= 0.3 is 0 Å². The number of aliphatic hydroxyl groups is 1. The van der Waals surface area contributed by atoms with Gasteiger partial charge in [-0.05, 0) is 84.7 Å². The zero-order valence-electron chi connectivity index (χ0n) is 62.7. The minimum Gasteiger partial charge on any atom is -0.397 e. The van der Waals surface area contributed by atoms with Crippen molar-refractivity contribution >= 4 is 74.7 Å². The Hall–Kier alpha value is -4.11. The van der Waals surface area contributed by atoms with Crippen molar-refractivity contribution < 1.29 is 62.1 Å². The van der Waals surface area contributed by atoms with Crippen LogP contribution in [0.4, 0.5) is 0 Å². The van der Waals surface area contributed by atoms with Crippen molar-refractivity contribution in [1.82, 2.24) is 30.8 Å². The maximum Gasteiger partial charge on any atom is 0.106 e. The summed E-state index contributed by atoms with van der Waals surface area (Å²) in [7, 11) is 9.00. The summed E-state index contributed by atoms with van der Waals surface area (Å²) in [6, 6.07) is 0. The molecular formula is C61H183N11O12. The number of hydrogen-bond acceptors (Lipinski definition) is 23. The molecule has 0 spiro atoms. The average molecular weight is 1260 g/mol. The van der Waals surface area contributed by atoms with Crippen molar-refractivity contribution in [3.63, 3.8) is 0 Å². The van der Waals surface area contributed by atoms with E-state index in [1.807, 2.05) is 102 Å². The maximum atomic E-state index is 8.00. The maximum absolute atomic E-state index is 8.00. The van der Waals surface area contributed by atoms with Crippen molar-refractivity contribution in [2.75, 3.05) is 48.9 Å². The third-order valence-corrected chi connectivity index (χ3v) is 6.11. The second kappa shape index (κ2) is 714. The van der Waals surface area contributed by atoms with Gasteiger partial charge in [-0.1, -0.05) is 244 Å². The van der Waals surface area contributed by atoms with Crippen molar-refractivity contribution in [2.24, 2.45) is 69.9 Å². The molecule has 0 heterocycles. The van der Waals surface area contributed by atoms with Crippen molar-refractivity contribution in [3.8, 4) is 0 Å². The fourth-order valence-electron chi connectivity index (χ4n) is 0.677. The van der Waals surface area contributed by atoms with Gasteiger partial charge in [0.05, 0.1) is 0 Å². The number of rotatable bonds is 10. The molecule has 0 unspecified atom stereocenters. The number of hydrogen-bond donors (Lipinski definition) is 12. The predicted molar refractivity (Wildman–Crippen MR) is 398 cm³/mol. The molecule has 0 bridgehead atoms. The zero-order valence-corrected chi connectivity index (χ0v) is 62.7. The van der Waals surface area contributed by atoms with Gasteiger partial charge in [0.1, 0.15) is 74.7 Å². The number of carbonyl (C=O) groups excluding carboxylic acids is 11. The van der Waals surface area contributed by atoms with Crippen LogP contribution in [0.5, 0.6) is 0 Å². The lowest BCUT2D eigenvalue weighted by atomic mass is 10.2. The summed E-state index contributed by atoms with van der Waals surface area (Å²) in [5.41, 5.74) is 27.0. The van der Waals surface area contributed by atoms with Crippen LogP contribution >= 0.6 is 0 Å². The van der Waals surface area contributed by atoms with Crippen LogP contribution in [0.1, 0.15) is 255 Å². The smallest absolute Gasteiger partial charge is 0.106 e. The summed E-state index contributed by atoms with van der Waals surface area (Å²) in [6.45, 7) is 76.3. The first kappa shape index (κ1) is 226. The SMILES string of the molecule is C.C=O.C=O.C=O.C=O.C=O.C=O.C=O.C=O.C=O.C=O.C=O.CC.CC.CCC(C)C.CCC(C)C.CCC(C)C.CCC(C)C.CCC(C)C.CCC(C)C.CCCCCCC.CCO.CN.CN.CN.CN.CN.CN.N.N.N.N.N.[HH].[HH].[HH]. The van der Waals surface area contributed by atoms with Crippen LogP contribution in [-0.2, 0) is 52.7 Å². The Morgan fingerprint density at radius 2 is 0.298 bits per heavy atom. The van der Waals surface area contributed by atoms with Crippen LogP contribution in [-0.4, -0.2) is 129 Å². The van der Waals surface area contributed by atoms with Crippen LogP contribution in [0.3, 0.4) is 0 Å². The Labute approximate surface area is 536 Å². The molecule has 0 rings (SSSR count). The second-order valence-corrected chi connectivity index (χ2v) is 13.2. The number of aliphatic hydroxyl groups excluding tert-OH is 1. The molecule has 0 aromatic heterocycles. The van der Waals surface area contributed by atoms with Gasteiger partial charge in [-0.15, -0.1) is 0 Å². The van der Waals surface area contributed by atoms with Crippen LogP contribution in [0, 0.1) is 35.5 Å². The monoisotopic (exact) mass is 1260 g/mol. The van der Waals surface area contributed by atoms with Crippen LogP contribution in [0.25, 0.3) is 0 Å². The Balaban J connectivity index is -0.00000000923. The van der Waals surface area contributed by atoms with Crippen molar-refractivity contribution in [3.05, 3.63) is 0 Å². The molecule has 0 aromatic rings. The summed E-state index contributed by atoms with van der Waals surface area (Å²) >= 11 is 0. The molecule has 0 aliphatic carbocycles. The van der Waals surface area contributed by atoms with Gasteiger partial charge in [-0.25, -0.2) is 0 Å². The van der Waals surface area contributed by atoms with Crippen LogP contribution < -0.4 is 65.2 Å². The van der Waals surface area contributed by atoms with E-state index in [4.69, 9.17) is 57.8 Å². The summed E-state index contributed by atoms with van der Waals surface area (Å²) in [4.78, 5) is 88.0. The molecule has 0 aliphatic heterocycles. The third kappa shape index (κ3) is 3260. The van der Waals surface area contributed by atoms with Gasteiger partial charge in [0, 0.05) is 10.9 Å². The molecule has 0 aromatic carbocycles. The minimum atomic E-state index is 0. The highest BCUT2D eigenvalue weighted by Gasteiger charge is 1.83. The quantitative estimate of drug-likeness (QED) is 0.0904. The summed E-state index contributed by atoms with van der Waals surface area (Å²) in [6.07, 6.45) is 14.8. The molecule has 23 heteroatoms. The molecule has 0 aliphatic rings. The highest BCUT2D eigenvalue weighted by Crippen LogP contribution is 2.00. The third-order valence-electron chi connectivity index (χ3n) is 6.11. The van der Waals surface area contributed by atoms with Crippen LogP contribution in [0.2, 0.25) is 0 Å². The molecule has 0 amide bonds. The van der Waals surface area contributed by atoms with Gasteiger partial charge in [0.2, 0.25) is 0 Å². The van der Waals surface area contributed by atoms with E-state index in [2.05, 4.69) is 173 Å². The fraction of sp³-hybridized carbons (Fsp3) is 0.820. The Kier molecular flexibility index (Phi) is 1920. The summed E-state index contributed by atoms with van der Waals surface area (Å²) in [5.74, 6) is 5.31. The molecule has 0 saturated heterocycles.